The Morgan fingerprint density at radius 3 is 2.52 bits per heavy atom. The summed E-state index contributed by atoms with van der Waals surface area (Å²) in [4.78, 5) is 25.0. The lowest BCUT2D eigenvalue weighted by Crippen LogP contribution is -2.48. The van der Waals surface area contributed by atoms with E-state index in [0.717, 1.165) is 5.56 Å². The highest BCUT2D eigenvalue weighted by Gasteiger charge is 2.24. The number of carbonyl (C=O) groups is 2. The molecule has 0 spiro atoms. The van der Waals surface area contributed by atoms with Crippen molar-refractivity contribution in [1.82, 2.24) is 10.7 Å². The largest absolute Gasteiger partial charge is 0.493 e. The van der Waals surface area contributed by atoms with Crippen LogP contribution in [0.4, 0.5) is 0 Å². The van der Waals surface area contributed by atoms with Gasteiger partial charge in [-0.25, -0.2) is 5.43 Å². The number of hydrazone groups is 1. The molecule has 0 bridgehead atoms. The predicted octanol–water partition coefficient (Wildman–Crippen LogP) is 4.30. The number of ether oxygens (including phenoxy) is 1. The number of rotatable bonds is 8. The lowest BCUT2D eigenvalue weighted by Gasteiger charge is -2.20. The number of hydrogen-bond donors (Lipinski definition) is 2. The van der Waals surface area contributed by atoms with Crippen molar-refractivity contribution in [2.75, 3.05) is 6.61 Å². The van der Waals surface area contributed by atoms with E-state index >= 15 is 0 Å². The number of nitrogens with zero attached hydrogens (tertiary/aromatic N) is 1. The van der Waals surface area contributed by atoms with E-state index in [2.05, 4.69) is 15.8 Å². The fourth-order valence-electron chi connectivity index (χ4n) is 2.51. The standard InChI is InChI=1S/C21H23Cl2N3O3/c1-4-29-18-8-6-5-7-15(18)12-24-26-21(28)19(13(2)3)25-20(27)14-9-10-16(22)17(23)11-14/h5-13,19H,4H2,1-3H3,(H,25,27)(H,26,28). The maximum absolute atomic E-state index is 12.6. The Balaban J connectivity index is 2.06. The molecule has 0 aromatic heterocycles. The zero-order chi connectivity index (χ0) is 21.4. The minimum atomic E-state index is -0.781. The van der Waals surface area contributed by atoms with E-state index in [9.17, 15) is 9.59 Å². The Bertz CT molecular complexity index is 900. The lowest BCUT2D eigenvalue weighted by atomic mass is 10.0. The number of hydrogen-bond acceptors (Lipinski definition) is 4. The maximum atomic E-state index is 12.6. The number of para-hydroxylation sites is 1. The van der Waals surface area contributed by atoms with Crippen molar-refractivity contribution < 1.29 is 14.3 Å². The van der Waals surface area contributed by atoms with Crippen LogP contribution >= 0.6 is 23.2 Å². The van der Waals surface area contributed by atoms with Gasteiger partial charge in [0, 0.05) is 11.1 Å². The van der Waals surface area contributed by atoms with E-state index in [1.807, 2.05) is 45.0 Å². The van der Waals surface area contributed by atoms with Crippen molar-refractivity contribution in [1.29, 1.82) is 0 Å². The molecule has 0 saturated carbocycles. The van der Waals surface area contributed by atoms with E-state index in [1.165, 1.54) is 18.3 Å². The second kappa shape index (κ2) is 10.8. The molecule has 0 aliphatic carbocycles. The summed E-state index contributed by atoms with van der Waals surface area (Å²) in [5, 5.41) is 7.32. The van der Waals surface area contributed by atoms with E-state index in [1.54, 1.807) is 6.07 Å². The zero-order valence-electron chi connectivity index (χ0n) is 16.4. The molecule has 2 amide bonds. The molecule has 154 valence electrons. The quantitative estimate of drug-likeness (QED) is 0.479. The summed E-state index contributed by atoms with van der Waals surface area (Å²) >= 11 is 11.8. The van der Waals surface area contributed by atoms with E-state index in [0.29, 0.717) is 22.9 Å². The van der Waals surface area contributed by atoms with Gasteiger partial charge < -0.3 is 10.1 Å². The van der Waals surface area contributed by atoms with Gasteiger partial charge in [-0.15, -0.1) is 0 Å². The average molecular weight is 436 g/mol. The molecule has 0 heterocycles. The third-order valence-electron chi connectivity index (χ3n) is 4.01. The van der Waals surface area contributed by atoms with E-state index in [4.69, 9.17) is 27.9 Å². The Morgan fingerprint density at radius 1 is 1.14 bits per heavy atom. The minimum Gasteiger partial charge on any atom is -0.493 e. The van der Waals surface area contributed by atoms with Crippen LogP contribution in [-0.2, 0) is 4.79 Å². The summed E-state index contributed by atoms with van der Waals surface area (Å²) in [5.74, 6) is -0.351. The van der Waals surface area contributed by atoms with Gasteiger partial charge in [0.2, 0.25) is 0 Å². The van der Waals surface area contributed by atoms with Gasteiger partial charge in [0.25, 0.3) is 11.8 Å². The van der Waals surface area contributed by atoms with Gasteiger partial charge >= 0.3 is 0 Å². The van der Waals surface area contributed by atoms with Crippen LogP contribution in [0, 0.1) is 5.92 Å². The molecule has 2 rings (SSSR count). The SMILES string of the molecule is CCOc1ccccc1C=NNC(=O)C(NC(=O)c1ccc(Cl)c(Cl)c1)C(C)C. The highest BCUT2D eigenvalue weighted by atomic mass is 35.5. The van der Waals surface area contributed by atoms with Crippen LogP contribution in [0.25, 0.3) is 0 Å². The van der Waals surface area contributed by atoms with Crippen LogP contribution in [-0.4, -0.2) is 30.7 Å². The van der Waals surface area contributed by atoms with Crippen LogP contribution in [0.5, 0.6) is 5.75 Å². The molecule has 0 radical (unpaired) electrons. The van der Waals surface area contributed by atoms with Gasteiger partial charge in [0.15, 0.2) is 0 Å². The van der Waals surface area contributed by atoms with Gasteiger partial charge in [0.1, 0.15) is 11.8 Å². The highest BCUT2D eigenvalue weighted by Crippen LogP contribution is 2.22. The van der Waals surface area contributed by atoms with E-state index < -0.39 is 17.9 Å². The van der Waals surface area contributed by atoms with Crippen LogP contribution in [0.1, 0.15) is 36.7 Å². The average Bonchev–Trinajstić information content (AvgIpc) is 2.69. The summed E-state index contributed by atoms with van der Waals surface area (Å²) in [6, 6.07) is 11.1. The van der Waals surface area contributed by atoms with Crippen LogP contribution < -0.4 is 15.5 Å². The molecule has 8 heteroatoms. The number of amides is 2. The van der Waals surface area contributed by atoms with Gasteiger partial charge in [-0.1, -0.05) is 49.2 Å². The highest BCUT2D eigenvalue weighted by molar-refractivity contribution is 6.42. The molecular weight excluding hydrogens is 413 g/mol. The van der Waals surface area contributed by atoms with Crippen LogP contribution in [0.2, 0.25) is 10.0 Å². The van der Waals surface area contributed by atoms with Crippen molar-refractivity contribution in [3.8, 4) is 5.75 Å². The molecule has 6 nitrogen and oxygen atoms in total. The summed E-state index contributed by atoms with van der Waals surface area (Å²) in [5.41, 5.74) is 3.52. The number of halogens is 2. The molecule has 0 fully saturated rings. The first-order chi connectivity index (χ1) is 13.8. The van der Waals surface area contributed by atoms with Gasteiger partial charge in [-0.2, -0.15) is 5.10 Å². The number of carbonyl (C=O) groups excluding carboxylic acids is 2. The Hall–Kier alpha value is -2.57. The van der Waals surface area contributed by atoms with Gasteiger partial charge in [-0.3, -0.25) is 9.59 Å². The molecule has 2 aromatic carbocycles. The summed E-state index contributed by atoms with van der Waals surface area (Å²) in [7, 11) is 0. The van der Waals surface area contributed by atoms with Gasteiger partial charge in [0.05, 0.1) is 22.9 Å². The van der Waals surface area contributed by atoms with Crippen molar-refractivity contribution >= 4 is 41.2 Å². The monoisotopic (exact) mass is 435 g/mol. The van der Waals surface area contributed by atoms with Crippen molar-refractivity contribution in [3.05, 3.63) is 63.6 Å². The Labute approximate surface area is 180 Å². The van der Waals surface area contributed by atoms with Crippen molar-refractivity contribution in [2.45, 2.75) is 26.8 Å². The van der Waals surface area contributed by atoms with Gasteiger partial charge in [-0.05, 0) is 43.2 Å². The molecular formula is C21H23Cl2N3O3. The van der Waals surface area contributed by atoms with Crippen molar-refractivity contribution in [2.24, 2.45) is 11.0 Å². The molecule has 1 unspecified atom stereocenters. The molecule has 2 N–H and O–H groups in total. The van der Waals surface area contributed by atoms with Crippen LogP contribution in [0.3, 0.4) is 0 Å². The minimum absolute atomic E-state index is 0.160. The Morgan fingerprint density at radius 2 is 1.86 bits per heavy atom. The molecule has 0 aliphatic rings. The summed E-state index contributed by atoms with van der Waals surface area (Å²) in [6.45, 7) is 6.06. The Kier molecular flexibility index (Phi) is 8.49. The topological polar surface area (TPSA) is 79.8 Å². The van der Waals surface area contributed by atoms with Crippen molar-refractivity contribution in [3.63, 3.8) is 0 Å². The number of nitrogens with one attached hydrogen (secondary N) is 2. The summed E-state index contributed by atoms with van der Waals surface area (Å²) in [6.07, 6.45) is 1.50. The fraction of sp³-hybridized carbons (Fsp3) is 0.286. The predicted molar refractivity (Wildman–Crippen MR) is 116 cm³/mol. The smallest absolute Gasteiger partial charge is 0.262 e. The summed E-state index contributed by atoms with van der Waals surface area (Å²) < 4.78 is 5.52. The van der Waals surface area contributed by atoms with E-state index in [-0.39, 0.29) is 10.9 Å². The second-order valence-corrected chi connectivity index (χ2v) is 7.34. The molecule has 29 heavy (non-hydrogen) atoms. The second-order valence-electron chi connectivity index (χ2n) is 6.53. The lowest BCUT2D eigenvalue weighted by molar-refractivity contribution is -0.123. The molecule has 0 saturated heterocycles. The normalized spacial score (nSPS) is 12.1. The first-order valence-corrected chi connectivity index (χ1v) is 9.89. The van der Waals surface area contributed by atoms with Crippen LogP contribution in [0.15, 0.2) is 47.6 Å². The first kappa shape index (κ1) is 22.7. The molecule has 0 aliphatic heterocycles. The fourth-order valence-corrected chi connectivity index (χ4v) is 2.80. The third kappa shape index (κ3) is 6.48. The maximum Gasteiger partial charge on any atom is 0.262 e. The molecule has 2 aromatic rings. The number of benzene rings is 2. The third-order valence-corrected chi connectivity index (χ3v) is 4.75. The molecule has 1 atom stereocenters. The first-order valence-electron chi connectivity index (χ1n) is 9.14. The zero-order valence-corrected chi connectivity index (χ0v) is 17.9.